The number of nitrogens with two attached hydrogens (primary N) is 2. The zero-order chi connectivity index (χ0) is 12.0. The van der Waals surface area contributed by atoms with Crippen molar-refractivity contribution in [2.75, 3.05) is 0 Å². The van der Waals surface area contributed by atoms with Crippen LogP contribution in [-0.2, 0) is 9.59 Å². The normalized spacial score (nSPS) is 12.0. The van der Waals surface area contributed by atoms with Crippen molar-refractivity contribution in [1.29, 1.82) is 0 Å². The Bertz CT molecular complexity index is 363. The summed E-state index contributed by atoms with van der Waals surface area (Å²) in [5.74, 6) is -1.05. The summed E-state index contributed by atoms with van der Waals surface area (Å²) < 4.78 is 0. The topological polar surface area (TPSA) is 86.2 Å². The molecule has 0 spiro atoms. The molecule has 0 radical (unpaired) electrons. The quantitative estimate of drug-likeness (QED) is 0.746. The lowest BCUT2D eigenvalue weighted by Crippen LogP contribution is -2.22. The van der Waals surface area contributed by atoms with Crippen molar-refractivity contribution in [1.82, 2.24) is 0 Å². The lowest BCUT2D eigenvalue weighted by Gasteiger charge is -2.12. The van der Waals surface area contributed by atoms with Gasteiger partial charge in [-0.1, -0.05) is 30.3 Å². The molecule has 1 atom stereocenters. The second-order valence-corrected chi connectivity index (χ2v) is 3.72. The van der Waals surface area contributed by atoms with E-state index < -0.39 is 0 Å². The van der Waals surface area contributed by atoms with Crippen LogP contribution in [0.15, 0.2) is 30.3 Å². The fraction of sp³-hybridized carbons (Fsp3) is 0.333. The first kappa shape index (κ1) is 12.2. The molecule has 0 aliphatic carbocycles. The molecule has 0 heterocycles. The highest BCUT2D eigenvalue weighted by Gasteiger charge is 2.17. The third-order valence-electron chi connectivity index (χ3n) is 2.46. The number of hydrogen-bond acceptors (Lipinski definition) is 2. The van der Waals surface area contributed by atoms with Crippen molar-refractivity contribution >= 4 is 11.8 Å². The Morgan fingerprint density at radius 2 is 1.75 bits per heavy atom. The number of amides is 2. The van der Waals surface area contributed by atoms with Gasteiger partial charge in [-0.25, -0.2) is 0 Å². The highest BCUT2D eigenvalue weighted by Crippen LogP contribution is 2.21. The van der Waals surface area contributed by atoms with Gasteiger partial charge in [0.05, 0.1) is 5.92 Å². The second-order valence-electron chi connectivity index (χ2n) is 3.72. The third-order valence-corrected chi connectivity index (χ3v) is 2.46. The van der Waals surface area contributed by atoms with Gasteiger partial charge in [0.25, 0.3) is 0 Å². The first-order valence-electron chi connectivity index (χ1n) is 5.24. The van der Waals surface area contributed by atoms with Crippen LogP contribution in [-0.4, -0.2) is 11.8 Å². The Morgan fingerprint density at radius 1 is 1.12 bits per heavy atom. The predicted molar refractivity (Wildman–Crippen MR) is 61.4 cm³/mol. The molecule has 0 saturated carbocycles. The molecular weight excluding hydrogens is 204 g/mol. The molecule has 2 amide bonds. The molecule has 0 aromatic heterocycles. The van der Waals surface area contributed by atoms with Gasteiger partial charge >= 0.3 is 0 Å². The van der Waals surface area contributed by atoms with E-state index in [4.69, 9.17) is 11.5 Å². The third kappa shape index (κ3) is 3.73. The summed E-state index contributed by atoms with van der Waals surface area (Å²) >= 11 is 0. The van der Waals surface area contributed by atoms with Crippen LogP contribution in [0.3, 0.4) is 0 Å². The molecular formula is C12H16N2O2. The van der Waals surface area contributed by atoms with Crippen LogP contribution in [0.4, 0.5) is 0 Å². The number of benzene rings is 1. The maximum absolute atomic E-state index is 11.3. The van der Waals surface area contributed by atoms with Crippen LogP contribution in [0, 0.1) is 0 Å². The monoisotopic (exact) mass is 220 g/mol. The van der Waals surface area contributed by atoms with Gasteiger partial charge in [-0.3, -0.25) is 9.59 Å². The maximum atomic E-state index is 11.3. The van der Waals surface area contributed by atoms with E-state index in [-0.39, 0.29) is 24.2 Å². The van der Waals surface area contributed by atoms with E-state index >= 15 is 0 Å². The van der Waals surface area contributed by atoms with Gasteiger partial charge in [-0.15, -0.1) is 0 Å². The van der Waals surface area contributed by atoms with E-state index in [1.165, 1.54) is 0 Å². The fourth-order valence-corrected chi connectivity index (χ4v) is 1.64. The van der Waals surface area contributed by atoms with Gasteiger partial charge in [0.2, 0.25) is 11.8 Å². The summed E-state index contributed by atoms with van der Waals surface area (Å²) in [6, 6.07) is 9.32. The Balaban J connectivity index is 2.62. The van der Waals surface area contributed by atoms with E-state index in [0.717, 1.165) is 5.56 Å². The van der Waals surface area contributed by atoms with Crippen LogP contribution in [0.5, 0.6) is 0 Å². The minimum absolute atomic E-state index is 0.288. The molecule has 16 heavy (non-hydrogen) atoms. The number of hydrogen-bond donors (Lipinski definition) is 2. The number of rotatable bonds is 6. The first-order valence-corrected chi connectivity index (χ1v) is 5.24. The first-order chi connectivity index (χ1) is 7.61. The molecule has 0 aliphatic rings. The van der Waals surface area contributed by atoms with Crippen LogP contribution in [0.25, 0.3) is 0 Å². The smallest absolute Gasteiger partial charge is 0.224 e. The van der Waals surface area contributed by atoms with Crippen LogP contribution in [0.1, 0.15) is 30.7 Å². The van der Waals surface area contributed by atoms with Crippen molar-refractivity contribution in [2.45, 2.75) is 25.2 Å². The van der Waals surface area contributed by atoms with Crippen molar-refractivity contribution in [2.24, 2.45) is 11.5 Å². The zero-order valence-electron chi connectivity index (χ0n) is 9.06. The number of carbonyl (C=O) groups is 2. The molecule has 1 rings (SSSR count). The summed E-state index contributed by atoms with van der Waals surface area (Å²) in [6.45, 7) is 0. The van der Waals surface area contributed by atoms with Crippen LogP contribution >= 0.6 is 0 Å². The van der Waals surface area contributed by atoms with Crippen molar-refractivity contribution in [3.8, 4) is 0 Å². The minimum atomic E-state index is -0.365. The molecule has 1 aromatic carbocycles. The van der Waals surface area contributed by atoms with E-state index in [1.54, 1.807) is 0 Å². The van der Waals surface area contributed by atoms with E-state index in [9.17, 15) is 9.59 Å². The van der Waals surface area contributed by atoms with Crippen LogP contribution < -0.4 is 11.5 Å². The molecule has 0 unspecified atom stereocenters. The molecule has 86 valence electrons. The Kier molecular flexibility index (Phi) is 4.51. The number of primary amides is 2. The molecule has 4 N–H and O–H groups in total. The largest absolute Gasteiger partial charge is 0.370 e. The SMILES string of the molecule is NC(=O)CCC[C@@H](C(N)=O)c1ccccc1. The van der Waals surface area contributed by atoms with Gasteiger partial charge in [-0.2, -0.15) is 0 Å². The van der Waals surface area contributed by atoms with Crippen LogP contribution in [0.2, 0.25) is 0 Å². The van der Waals surface area contributed by atoms with Gasteiger partial charge in [-0.05, 0) is 18.4 Å². The van der Waals surface area contributed by atoms with Crippen molar-refractivity contribution < 1.29 is 9.59 Å². The molecule has 4 nitrogen and oxygen atoms in total. The van der Waals surface area contributed by atoms with Gasteiger partial charge in [0.1, 0.15) is 0 Å². The second kappa shape index (κ2) is 5.90. The summed E-state index contributed by atoms with van der Waals surface area (Å²) in [6.07, 6.45) is 1.43. The molecule has 0 aliphatic heterocycles. The average molecular weight is 220 g/mol. The van der Waals surface area contributed by atoms with E-state index in [2.05, 4.69) is 0 Å². The maximum Gasteiger partial charge on any atom is 0.224 e. The molecule has 0 fully saturated rings. The predicted octanol–water partition coefficient (Wildman–Crippen LogP) is 0.911. The Morgan fingerprint density at radius 3 is 2.25 bits per heavy atom. The lowest BCUT2D eigenvalue weighted by atomic mass is 9.93. The lowest BCUT2D eigenvalue weighted by molar-refractivity contribution is -0.120. The highest BCUT2D eigenvalue weighted by molar-refractivity contribution is 5.82. The fourth-order valence-electron chi connectivity index (χ4n) is 1.64. The zero-order valence-corrected chi connectivity index (χ0v) is 9.06. The molecule has 1 aromatic rings. The van der Waals surface area contributed by atoms with Gasteiger partial charge < -0.3 is 11.5 Å². The molecule has 0 saturated heterocycles. The molecule has 4 heteroatoms. The Labute approximate surface area is 94.6 Å². The van der Waals surface area contributed by atoms with Crippen molar-refractivity contribution in [3.05, 3.63) is 35.9 Å². The number of carbonyl (C=O) groups excluding carboxylic acids is 2. The van der Waals surface area contributed by atoms with E-state index in [0.29, 0.717) is 12.8 Å². The molecule has 0 bridgehead atoms. The Hall–Kier alpha value is -1.84. The summed E-state index contributed by atoms with van der Waals surface area (Å²) in [5, 5.41) is 0. The summed E-state index contributed by atoms with van der Waals surface area (Å²) in [5.41, 5.74) is 11.3. The minimum Gasteiger partial charge on any atom is -0.370 e. The van der Waals surface area contributed by atoms with Gasteiger partial charge in [0.15, 0.2) is 0 Å². The average Bonchev–Trinajstić information content (AvgIpc) is 2.25. The standard InChI is InChI=1S/C12H16N2O2/c13-11(15)8-4-7-10(12(14)16)9-5-2-1-3-6-9/h1-3,5-6,10H,4,7-8H2,(H2,13,15)(H2,14,16)/t10-/m1/s1. The summed E-state index contributed by atoms with van der Waals surface area (Å²) in [4.78, 5) is 21.9. The summed E-state index contributed by atoms with van der Waals surface area (Å²) in [7, 11) is 0. The van der Waals surface area contributed by atoms with Gasteiger partial charge in [0, 0.05) is 6.42 Å². The highest BCUT2D eigenvalue weighted by atomic mass is 16.1. The van der Waals surface area contributed by atoms with E-state index in [1.807, 2.05) is 30.3 Å². The van der Waals surface area contributed by atoms with Crippen molar-refractivity contribution in [3.63, 3.8) is 0 Å².